The molecule has 1 aliphatic heterocycles. The number of nitrogens with one attached hydrogen (secondary N) is 1. The molecule has 184 valence electrons. The van der Waals surface area contributed by atoms with Gasteiger partial charge in [-0.1, -0.05) is 41.0 Å². The van der Waals surface area contributed by atoms with E-state index in [1.54, 1.807) is 21.0 Å². The Morgan fingerprint density at radius 2 is 1.53 bits per heavy atom. The van der Waals surface area contributed by atoms with E-state index < -0.39 is 12.1 Å². The van der Waals surface area contributed by atoms with Crippen LogP contribution in [0.1, 0.15) is 73.1 Å². The van der Waals surface area contributed by atoms with Gasteiger partial charge in [-0.3, -0.25) is 19.2 Å². The molecule has 0 aliphatic carbocycles. The van der Waals surface area contributed by atoms with Gasteiger partial charge in [0.2, 0.25) is 23.6 Å². The van der Waals surface area contributed by atoms with E-state index in [-0.39, 0.29) is 42.0 Å². The van der Waals surface area contributed by atoms with Crippen LogP contribution in [0.15, 0.2) is 0 Å². The zero-order valence-electron chi connectivity index (χ0n) is 21.1. The number of hydrogen-bond acceptors (Lipinski definition) is 4. The van der Waals surface area contributed by atoms with Crippen molar-refractivity contribution in [3.05, 3.63) is 0 Å². The van der Waals surface area contributed by atoms with Crippen molar-refractivity contribution in [2.24, 2.45) is 11.8 Å². The van der Waals surface area contributed by atoms with Crippen molar-refractivity contribution in [3.63, 3.8) is 0 Å². The van der Waals surface area contributed by atoms with Crippen molar-refractivity contribution in [2.45, 2.75) is 85.2 Å². The van der Waals surface area contributed by atoms with Crippen LogP contribution in [0.5, 0.6) is 0 Å². The van der Waals surface area contributed by atoms with Crippen LogP contribution in [0.4, 0.5) is 0 Å². The summed E-state index contributed by atoms with van der Waals surface area (Å²) >= 11 is 0. The Kier molecular flexibility index (Phi) is 11.7. The largest absolute Gasteiger partial charge is 0.342 e. The monoisotopic (exact) mass is 452 g/mol. The van der Waals surface area contributed by atoms with Crippen molar-refractivity contribution >= 4 is 23.6 Å². The lowest BCUT2D eigenvalue weighted by Gasteiger charge is -2.35. The van der Waals surface area contributed by atoms with E-state index in [1.165, 1.54) is 9.80 Å². The second-order valence-corrected chi connectivity index (χ2v) is 9.51. The van der Waals surface area contributed by atoms with E-state index >= 15 is 0 Å². The van der Waals surface area contributed by atoms with Crippen molar-refractivity contribution in [1.29, 1.82) is 0 Å². The Labute approximate surface area is 194 Å². The molecular weight excluding hydrogens is 408 g/mol. The van der Waals surface area contributed by atoms with Crippen LogP contribution >= 0.6 is 0 Å². The number of piperidine rings is 1. The minimum absolute atomic E-state index is 0.0117. The molecule has 0 aromatic heterocycles. The van der Waals surface area contributed by atoms with Gasteiger partial charge in [-0.05, 0) is 37.5 Å². The summed E-state index contributed by atoms with van der Waals surface area (Å²) in [6, 6.07) is -1.30. The van der Waals surface area contributed by atoms with Crippen LogP contribution in [-0.4, -0.2) is 84.1 Å². The third-order valence-electron chi connectivity index (χ3n) is 6.40. The summed E-state index contributed by atoms with van der Waals surface area (Å²) in [5.74, 6) is -0.594. The molecule has 1 aliphatic rings. The Morgan fingerprint density at radius 1 is 0.938 bits per heavy atom. The van der Waals surface area contributed by atoms with E-state index in [4.69, 9.17) is 0 Å². The molecule has 8 nitrogen and oxygen atoms in total. The first kappa shape index (κ1) is 27.9. The number of likely N-dealkylation sites (tertiary alicyclic amines) is 1. The van der Waals surface area contributed by atoms with Crippen LogP contribution in [-0.2, 0) is 19.2 Å². The van der Waals surface area contributed by atoms with Crippen LogP contribution in [0.2, 0.25) is 0 Å². The van der Waals surface area contributed by atoms with E-state index in [1.807, 2.05) is 32.6 Å². The second-order valence-electron chi connectivity index (χ2n) is 9.51. The topological polar surface area (TPSA) is 90.0 Å². The van der Waals surface area contributed by atoms with Gasteiger partial charge in [-0.15, -0.1) is 0 Å². The van der Waals surface area contributed by atoms with Crippen LogP contribution in [0.3, 0.4) is 0 Å². The fourth-order valence-electron chi connectivity index (χ4n) is 3.98. The predicted octanol–water partition coefficient (Wildman–Crippen LogP) is 2.27. The predicted molar refractivity (Wildman–Crippen MR) is 126 cm³/mol. The highest BCUT2D eigenvalue weighted by Gasteiger charge is 2.35. The lowest BCUT2D eigenvalue weighted by atomic mass is 9.95. The minimum Gasteiger partial charge on any atom is -0.342 e. The molecule has 0 spiro atoms. The average molecular weight is 453 g/mol. The van der Waals surface area contributed by atoms with Gasteiger partial charge in [0, 0.05) is 33.6 Å². The summed E-state index contributed by atoms with van der Waals surface area (Å²) in [6.45, 7) is 11.1. The maximum atomic E-state index is 13.4. The molecule has 0 aromatic rings. The molecule has 1 saturated heterocycles. The van der Waals surface area contributed by atoms with Gasteiger partial charge in [-0.2, -0.15) is 0 Å². The normalized spacial score (nSPS) is 16.8. The number of carbonyl (C=O) groups is 4. The minimum atomic E-state index is -0.701. The molecule has 1 fully saturated rings. The van der Waals surface area contributed by atoms with Crippen LogP contribution in [0, 0.1) is 11.8 Å². The van der Waals surface area contributed by atoms with Gasteiger partial charge >= 0.3 is 0 Å². The van der Waals surface area contributed by atoms with Crippen molar-refractivity contribution in [3.8, 4) is 0 Å². The summed E-state index contributed by atoms with van der Waals surface area (Å²) in [5.41, 5.74) is 0. The number of hydrogen-bond donors (Lipinski definition) is 1. The standard InChI is InChI=1S/C24H44N4O4/c1-8-18(5)22(24(32)28-13-11-10-12-14-28)25-23(31)19(15-17(3)4)27(7)21(30)16-26(6)20(29)9-2/h17-19,22H,8-16H2,1-7H3,(H,25,31)/t18-,19-,22-/m0/s1. The lowest BCUT2D eigenvalue weighted by Crippen LogP contribution is -2.58. The van der Waals surface area contributed by atoms with Gasteiger partial charge in [0.15, 0.2) is 0 Å². The Hall–Kier alpha value is -2.12. The fraction of sp³-hybridized carbons (Fsp3) is 0.833. The smallest absolute Gasteiger partial charge is 0.245 e. The number of carbonyl (C=O) groups excluding carboxylic acids is 4. The first-order chi connectivity index (χ1) is 15.0. The lowest BCUT2D eigenvalue weighted by molar-refractivity contribution is -0.145. The summed E-state index contributed by atoms with van der Waals surface area (Å²) in [6.07, 6.45) is 4.66. The summed E-state index contributed by atoms with van der Waals surface area (Å²) in [7, 11) is 3.19. The average Bonchev–Trinajstić information content (AvgIpc) is 2.78. The molecule has 1 rings (SSSR count). The van der Waals surface area contributed by atoms with Crippen LogP contribution in [0.25, 0.3) is 0 Å². The Morgan fingerprint density at radius 3 is 2.03 bits per heavy atom. The summed E-state index contributed by atoms with van der Waals surface area (Å²) < 4.78 is 0. The highest BCUT2D eigenvalue weighted by Crippen LogP contribution is 2.18. The number of rotatable bonds is 11. The van der Waals surface area contributed by atoms with Crippen molar-refractivity contribution in [1.82, 2.24) is 20.0 Å². The molecule has 0 bridgehead atoms. The van der Waals surface area contributed by atoms with E-state index in [2.05, 4.69) is 5.32 Å². The molecule has 4 amide bonds. The summed E-state index contributed by atoms with van der Waals surface area (Å²) in [4.78, 5) is 55.9. The first-order valence-corrected chi connectivity index (χ1v) is 12.1. The van der Waals surface area contributed by atoms with E-state index in [0.29, 0.717) is 12.8 Å². The number of likely N-dealkylation sites (N-methyl/N-ethyl adjacent to an activating group) is 2. The SMILES string of the molecule is CCC(=O)N(C)CC(=O)N(C)[C@@H](CC(C)C)C(=O)N[C@H](C(=O)N1CCCCC1)[C@@H](C)CC. The van der Waals surface area contributed by atoms with Crippen molar-refractivity contribution in [2.75, 3.05) is 33.7 Å². The van der Waals surface area contributed by atoms with E-state index in [9.17, 15) is 19.2 Å². The molecule has 3 atom stereocenters. The molecule has 0 unspecified atom stereocenters. The zero-order chi connectivity index (χ0) is 24.4. The number of amides is 4. The van der Waals surface area contributed by atoms with Crippen LogP contribution < -0.4 is 5.32 Å². The highest BCUT2D eigenvalue weighted by atomic mass is 16.2. The van der Waals surface area contributed by atoms with Crippen molar-refractivity contribution < 1.29 is 19.2 Å². The Bertz CT molecular complexity index is 646. The fourth-order valence-corrected chi connectivity index (χ4v) is 3.98. The molecule has 1 N–H and O–H groups in total. The second kappa shape index (κ2) is 13.4. The zero-order valence-corrected chi connectivity index (χ0v) is 21.1. The number of nitrogens with zero attached hydrogens (tertiary/aromatic N) is 3. The first-order valence-electron chi connectivity index (χ1n) is 12.1. The van der Waals surface area contributed by atoms with Gasteiger partial charge in [0.05, 0.1) is 6.54 Å². The third-order valence-corrected chi connectivity index (χ3v) is 6.40. The summed E-state index contributed by atoms with van der Waals surface area (Å²) in [5, 5.41) is 2.99. The molecule has 32 heavy (non-hydrogen) atoms. The maximum Gasteiger partial charge on any atom is 0.245 e. The van der Waals surface area contributed by atoms with Gasteiger partial charge in [0.25, 0.3) is 0 Å². The molecule has 0 saturated carbocycles. The molecule has 0 aromatic carbocycles. The maximum absolute atomic E-state index is 13.4. The van der Waals surface area contributed by atoms with Gasteiger partial charge in [0.1, 0.15) is 12.1 Å². The molecule has 8 heteroatoms. The highest BCUT2D eigenvalue weighted by molar-refractivity contribution is 5.93. The Balaban J connectivity index is 3.00. The molecule has 1 heterocycles. The molecular formula is C24H44N4O4. The third kappa shape index (κ3) is 8.10. The quantitative estimate of drug-likeness (QED) is 0.521. The van der Waals surface area contributed by atoms with E-state index in [0.717, 1.165) is 38.8 Å². The molecule has 0 radical (unpaired) electrons. The van der Waals surface area contributed by atoms with Gasteiger partial charge < -0.3 is 20.0 Å². The van der Waals surface area contributed by atoms with Gasteiger partial charge in [-0.25, -0.2) is 0 Å².